The van der Waals surface area contributed by atoms with Crippen LogP contribution in [0, 0.1) is 0 Å². The number of hydrogen-bond donors (Lipinski definition) is 2. The Morgan fingerprint density at radius 3 is 2.38 bits per heavy atom. The minimum atomic E-state index is -0.923. The average Bonchev–Trinajstić information content (AvgIpc) is 3.35. The molecule has 0 aliphatic heterocycles. The fraction of sp³-hybridized carbons (Fsp3) is 0.400. The van der Waals surface area contributed by atoms with E-state index in [2.05, 4.69) is 10.6 Å². The number of carbonyl (C=O) groups excluding carboxylic acids is 3. The van der Waals surface area contributed by atoms with Crippen LogP contribution in [-0.4, -0.2) is 50.8 Å². The van der Waals surface area contributed by atoms with Crippen molar-refractivity contribution in [2.75, 3.05) is 26.1 Å². The zero-order chi connectivity index (χ0) is 24.5. The largest absolute Gasteiger partial charge is 0.495 e. The van der Waals surface area contributed by atoms with Crippen molar-refractivity contribution in [2.45, 2.75) is 44.8 Å². The molecule has 2 aromatic rings. The van der Waals surface area contributed by atoms with E-state index in [9.17, 15) is 14.4 Å². The lowest BCUT2D eigenvalue weighted by molar-refractivity contribution is -0.129. The molecule has 9 heteroatoms. The molecule has 0 aromatic heterocycles. The zero-order valence-electron chi connectivity index (χ0n) is 19.6. The molecule has 3 rings (SSSR count). The minimum Gasteiger partial charge on any atom is -0.495 e. The highest BCUT2D eigenvalue weighted by Gasteiger charge is 2.24. The SMILES string of the molecule is COc1ccccc1NC(=O)COc1ccc(C(=O)OC(C)C(=O)NC2CCCC2)cc1OC. The number of rotatable bonds is 10. The second-order valence-electron chi connectivity index (χ2n) is 7.94. The molecule has 1 unspecified atom stereocenters. The van der Waals surface area contributed by atoms with E-state index in [0.29, 0.717) is 11.4 Å². The van der Waals surface area contributed by atoms with Gasteiger partial charge in [-0.3, -0.25) is 9.59 Å². The van der Waals surface area contributed by atoms with E-state index in [1.54, 1.807) is 24.3 Å². The van der Waals surface area contributed by atoms with Crippen molar-refractivity contribution >= 4 is 23.5 Å². The molecule has 9 nitrogen and oxygen atoms in total. The van der Waals surface area contributed by atoms with Crippen LogP contribution in [0.5, 0.6) is 17.2 Å². The Hall–Kier alpha value is -3.75. The maximum Gasteiger partial charge on any atom is 0.339 e. The van der Waals surface area contributed by atoms with Gasteiger partial charge in [-0.05, 0) is 50.1 Å². The Kier molecular flexibility index (Phi) is 8.73. The van der Waals surface area contributed by atoms with Gasteiger partial charge in [0.1, 0.15) is 5.75 Å². The van der Waals surface area contributed by atoms with Gasteiger partial charge in [0.15, 0.2) is 24.2 Å². The fourth-order valence-corrected chi connectivity index (χ4v) is 3.66. The van der Waals surface area contributed by atoms with Crippen molar-refractivity contribution in [3.63, 3.8) is 0 Å². The fourth-order valence-electron chi connectivity index (χ4n) is 3.66. The van der Waals surface area contributed by atoms with E-state index in [-0.39, 0.29) is 35.6 Å². The molecule has 0 radical (unpaired) electrons. The van der Waals surface area contributed by atoms with Crippen LogP contribution in [0.4, 0.5) is 5.69 Å². The lowest BCUT2D eigenvalue weighted by Gasteiger charge is -2.17. The summed E-state index contributed by atoms with van der Waals surface area (Å²) in [5.41, 5.74) is 0.720. The number of carbonyl (C=O) groups is 3. The molecule has 1 aliphatic rings. The van der Waals surface area contributed by atoms with Gasteiger partial charge >= 0.3 is 5.97 Å². The highest BCUT2D eigenvalue weighted by molar-refractivity contribution is 5.94. The molecule has 182 valence electrons. The summed E-state index contributed by atoms with van der Waals surface area (Å²) in [7, 11) is 2.94. The lowest BCUT2D eigenvalue weighted by Crippen LogP contribution is -2.40. The van der Waals surface area contributed by atoms with E-state index >= 15 is 0 Å². The third-order valence-electron chi connectivity index (χ3n) is 5.49. The van der Waals surface area contributed by atoms with Gasteiger partial charge in [0.2, 0.25) is 0 Å². The average molecular weight is 471 g/mol. The highest BCUT2D eigenvalue weighted by Crippen LogP contribution is 2.29. The first kappa shape index (κ1) is 24.9. The maximum atomic E-state index is 12.5. The first-order valence-electron chi connectivity index (χ1n) is 11.2. The van der Waals surface area contributed by atoms with Crippen LogP contribution in [0.1, 0.15) is 43.0 Å². The predicted octanol–water partition coefficient (Wildman–Crippen LogP) is 3.33. The number of ether oxygens (including phenoxy) is 4. The molecule has 0 spiro atoms. The van der Waals surface area contributed by atoms with Crippen LogP contribution in [0.25, 0.3) is 0 Å². The Morgan fingerprint density at radius 1 is 0.971 bits per heavy atom. The number of nitrogens with one attached hydrogen (secondary N) is 2. The number of hydrogen-bond acceptors (Lipinski definition) is 7. The van der Waals surface area contributed by atoms with Gasteiger partial charge in [-0.25, -0.2) is 4.79 Å². The number of methoxy groups -OCH3 is 2. The topological polar surface area (TPSA) is 112 Å². The summed E-state index contributed by atoms with van der Waals surface area (Å²) in [6, 6.07) is 11.6. The van der Waals surface area contributed by atoms with Crippen LogP contribution in [0.15, 0.2) is 42.5 Å². The molecule has 1 atom stereocenters. The summed E-state index contributed by atoms with van der Waals surface area (Å²) in [5, 5.41) is 5.63. The first-order valence-corrected chi connectivity index (χ1v) is 11.2. The molecule has 34 heavy (non-hydrogen) atoms. The van der Waals surface area contributed by atoms with Crippen LogP contribution < -0.4 is 24.8 Å². The monoisotopic (exact) mass is 470 g/mol. The Balaban J connectivity index is 1.56. The molecular formula is C25H30N2O7. The van der Waals surface area contributed by atoms with Crippen molar-refractivity contribution in [3.05, 3.63) is 48.0 Å². The minimum absolute atomic E-state index is 0.144. The van der Waals surface area contributed by atoms with Gasteiger partial charge in [0, 0.05) is 6.04 Å². The molecule has 1 saturated carbocycles. The van der Waals surface area contributed by atoms with Gasteiger partial charge in [0.05, 0.1) is 25.5 Å². The van der Waals surface area contributed by atoms with Gasteiger partial charge in [-0.2, -0.15) is 0 Å². The third-order valence-corrected chi connectivity index (χ3v) is 5.49. The highest BCUT2D eigenvalue weighted by atomic mass is 16.5. The number of benzene rings is 2. The summed E-state index contributed by atoms with van der Waals surface area (Å²) in [5.74, 6) is -0.301. The number of amides is 2. The summed E-state index contributed by atoms with van der Waals surface area (Å²) in [6.45, 7) is 1.26. The van der Waals surface area contributed by atoms with Crippen LogP contribution in [-0.2, 0) is 14.3 Å². The molecular weight excluding hydrogens is 440 g/mol. The Labute approximate surface area is 198 Å². The Morgan fingerprint density at radius 2 is 1.68 bits per heavy atom. The normalized spacial score (nSPS) is 14.1. The van der Waals surface area contributed by atoms with Gasteiger partial charge in [0.25, 0.3) is 11.8 Å². The van der Waals surface area contributed by atoms with Crippen molar-refractivity contribution < 1.29 is 33.3 Å². The Bertz CT molecular complexity index is 1020. The van der Waals surface area contributed by atoms with E-state index in [1.807, 2.05) is 0 Å². The van der Waals surface area contributed by atoms with E-state index < -0.39 is 18.0 Å². The standard InChI is InChI=1S/C25H30N2O7/c1-16(24(29)26-18-8-4-5-9-18)34-25(30)17-12-13-21(22(14-17)32-3)33-15-23(28)27-19-10-6-7-11-20(19)31-2/h6-7,10-14,16,18H,4-5,8-9,15H2,1-3H3,(H,26,29)(H,27,28). The molecule has 2 N–H and O–H groups in total. The summed E-state index contributed by atoms with van der Waals surface area (Å²) >= 11 is 0. The molecule has 0 saturated heterocycles. The first-order chi connectivity index (χ1) is 16.4. The third kappa shape index (κ3) is 6.63. The summed E-state index contributed by atoms with van der Waals surface area (Å²) in [6.07, 6.45) is 3.16. The van der Waals surface area contributed by atoms with Gasteiger partial charge < -0.3 is 29.6 Å². The lowest BCUT2D eigenvalue weighted by atomic mass is 10.2. The molecule has 2 aromatic carbocycles. The predicted molar refractivity (Wildman–Crippen MR) is 125 cm³/mol. The molecule has 1 aliphatic carbocycles. The number of para-hydroxylation sites is 2. The van der Waals surface area contributed by atoms with Crippen molar-refractivity contribution in [1.82, 2.24) is 5.32 Å². The van der Waals surface area contributed by atoms with Crippen molar-refractivity contribution in [1.29, 1.82) is 0 Å². The van der Waals surface area contributed by atoms with Gasteiger partial charge in [-0.15, -0.1) is 0 Å². The molecule has 2 amide bonds. The van der Waals surface area contributed by atoms with E-state index in [1.165, 1.54) is 39.3 Å². The molecule has 0 heterocycles. The van der Waals surface area contributed by atoms with Crippen molar-refractivity contribution in [2.24, 2.45) is 0 Å². The number of esters is 1. The van der Waals surface area contributed by atoms with Crippen LogP contribution in [0.2, 0.25) is 0 Å². The number of anilines is 1. The van der Waals surface area contributed by atoms with Crippen molar-refractivity contribution in [3.8, 4) is 17.2 Å². The summed E-state index contributed by atoms with van der Waals surface area (Å²) in [4.78, 5) is 37.1. The van der Waals surface area contributed by atoms with Crippen LogP contribution >= 0.6 is 0 Å². The quantitative estimate of drug-likeness (QED) is 0.512. The maximum absolute atomic E-state index is 12.5. The second-order valence-corrected chi connectivity index (χ2v) is 7.94. The second kappa shape index (κ2) is 11.9. The molecule has 1 fully saturated rings. The smallest absolute Gasteiger partial charge is 0.339 e. The summed E-state index contributed by atoms with van der Waals surface area (Å²) < 4.78 is 21.4. The molecule has 0 bridgehead atoms. The van der Waals surface area contributed by atoms with Gasteiger partial charge in [-0.1, -0.05) is 25.0 Å². The van der Waals surface area contributed by atoms with E-state index in [4.69, 9.17) is 18.9 Å². The van der Waals surface area contributed by atoms with Crippen LogP contribution in [0.3, 0.4) is 0 Å². The van der Waals surface area contributed by atoms with E-state index in [0.717, 1.165) is 25.7 Å². The zero-order valence-corrected chi connectivity index (χ0v) is 19.6.